The lowest BCUT2D eigenvalue weighted by molar-refractivity contribution is -0.132. The van der Waals surface area contributed by atoms with Crippen LogP contribution in [0.1, 0.15) is 39.2 Å². The van der Waals surface area contributed by atoms with Crippen molar-refractivity contribution < 1.29 is 9.59 Å². The standard InChI is InChI=1S/C21H27N3O2S2/c1-21(2,3)16-6-8-17(9-7-16)28-14-18(25)24-11-4-5-15(13-24)19(26)23-20-22-10-12-27-20/h6-10,12,15H,4-5,11,13-14H2,1-3H3,(H,22,23,26). The molecule has 0 aliphatic carbocycles. The first-order valence-corrected chi connectivity index (χ1v) is 11.4. The molecule has 1 aliphatic rings. The molecule has 2 heterocycles. The van der Waals surface area contributed by atoms with Gasteiger partial charge in [-0.15, -0.1) is 23.1 Å². The van der Waals surface area contributed by atoms with Crippen LogP contribution >= 0.6 is 23.1 Å². The summed E-state index contributed by atoms with van der Waals surface area (Å²) in [4.78, 5) is 32.1. The van der Waals surface area contributed by atoms with Crippen LogP contribution in [0.5, 0.6) is 0 Å². The first-order valence-electron chi connectivity index (χ1n) is 9.54. The molecule has 0 bridgehead atoms. The largest absolute Gasteiger partial charge is 0.341 e. The number of anilines is 1. The van der Waals surface area contributed by atoms with Crippen LogP contribution in [0.3, 0.4) is 0 Å². The summed E-state index contributed by atoms with van der Waals surface area (Å²) >= 11 is 2.96. The third-order valence-corrected chi connectivity index (χ3v) is 6.58. The summed E-state index contributed by atoms with van der Waals surface area (Å²) in [6.45, 7) is 7.78. The lowest BCUT2D eigenvalue weighted by atomic mass is 9.87. The van der Waals surface area contributed by atoms with Gasteiger partial charge in [0.25, 0.3) is 0 Å². The van der Waals surface area contributed by atoms with E-state index in [9.17, 15) is 9.59 Å². The molecule has 28 heavy (non-hydrogen) atoms. The van der Waals surface area contributed by atoms with Crippen LogP contribution in [-0.4, -0.2) is 40.5 Å². The Hall–Kier alpha value is -1.86. The minimum atomic E-state index is -0.169. The van der Waals surface area contributed by atoms with Crippen LogP contribution in [0.15, 0.2) is 40.7 Å². The molecule has 1 aromatic carbocycles. The van der Waals surface area contributed by atoms with Gasteiger partial charge in [0.05, 0.1) is 11.7 Å². The normalized spacial score (nSPS) is 17.4. The number of carbonyl (C=O) groups is 2. The van der Waals surface area contributed by atoms with Crippen molar-refractivity contribution in [3.05, 3.63) is 41.4 Å². The number of amides is 2. The van der Waals surface area contributed by atoms with Gasteiger partial charge in [-0.05, 0) is 36.0 Å². The highest BCUT2D eigenvalue weighted by Gasteiger charge is 2.28. The van der Waals surface area contributed by atoms with Gasteiger partial charge in [-0.25, -0.2) is 4.98 Å². The number of carbonyl (C=O) groups excluding carboxylic acids is 2. The van der Waals surface area contributed by atoms with E-state index in [1.165, 1.54) is 16.9 Å². The summed E-state index contributed by atoms with van der Waals surface area (Å²) < 4.78 is 0. The highest BCUT2D eigenvalue weighted by molar-refractivity contribution is 8.00. The second-order valence-electron chi connectivity index (χ2n) is 8.07. The maximum atomic E-state index is 12.6. The lowest BCUT2D eigenvalue weighted by Crippen LogP contribution is -2.44. The molecule has 1 saturated heterocycles. The highest BCUT2D eigenvalue weighted by Crippen LogP contribution is 2.26. The smallest absolute Gasteiger partial charge is 0.232 e. The maximum Gasteiger partial charge on any atom is 0.232 e. The van der Waals surface area contributed by atoms with Crippen molar-refractivity contribution in [1.29, 1.82) is 0 Å². The Morgan fingerprint density at radius 1 is 1.29 bits per heavy atom. The van der Waals surface area contributed by atoms with E-state index in [1.54, 1.807) is 18.0 Å². The third-order valence-electron chi connectivity index (χ3n) is 4.89. The fourth-order valence-electron chi connectivity index (χ4n) is 3.20. The number of piperidine rings is 1. The minimum absolute atomic E-state index is 0.0436. The number of benzene rings is 1. The SMILES string of the molecule is CC(C)(C)c1ccc(SCC(=O)N2CCCC(C(=O)Nc3nccs3)C2)cc1. The zero-order chi connectivity index (χ0) is 20.1. The van der Waals surface area contributed by atoms with Crippen molar-refractivity contribution in [2.45, 2.75) is 43.9 Å². The molecular weight excluding hydrogens is 390 g/mol. The van der Waals surface area contributed by atoms with E-state index in [4.69, 9.17) is 0 Å². The van der Waals surface area contributed by atoms with Crippen LogP contribution in [0.2, 0.25) is 0 Å². The first-order chi connectivity index (χ1) is 13.3. The van der Waals surface area contributed by atoms with Gasteiger partial charge in [-0.2, -0.15) is 0 Å². The van der Waals surface area contributed by atoms with E-state index in [0.29, 0.717) is 17.4 Å². The number of rotatable bonds is 5. The fourth-order valence-corrected chi connectivity index (χ4v) is 4.53. The van der Waals surface area contributed by atoms with Gasteiger partial charge in [-0.3, -0.25) is 9.59 Å². The summed E-state index contributed by atoms with van der Waals surface area (Å²) in [6, 6.07) is 8.43. The average molecular weight is 418 g/mol. The maximum absolute atomic E-state index is 12.6. The van der Waals surface area contributed by atoms with Gasteiger partial charge in [0, 0.05) is 29.6 Å². The molecule has 150 valence electrons. The predicted octanol–water partition coefficient (Wildman–Crippen LogP) is 4.41. The molecule has 1 atom stereocenters. The second kappa shape index (κ2) is 9.09. The molecule has 0 radical (unpaired) electrons. The molecule has 3 rings (SSSR count). The Kier molecular flexibility index (Phi) is 6.78. The molecule has 1 N–H and O–H groups in total. The van der Waals surface area contributed by atoms with Gasteiger partial charge >= 0.3 is 0 Å². The fraction of sp³-hybridized carbons (Fsp3) is 0.476. The average Bonchev–Trinajstić information content (AvgIpc) is 3.19. The second-order valence-corrected chi connectivity index (χ2v) is 10.0. The number of aromatic nitrogens is 1. The minimum Gasteiger partial charge on any atom is -0.341 e. The Bertz CT molecular complexity index is 798. The van der Waals surface area contributed by atoms with E-state index in [2.05, 4.69) is 55.3 Å². The quantitative estimate of drug-likeness (QED) is 0.732. The Morgan fingerprint density at radius 2 is 2.04 bits per heavy atom. The molecule has 1 fully saturated rings. The topological polar surface area (TPSA) is 62.3 Å². The molecule has 2 amide bonds. The zero-order valence-corrected chi connectivity index (χ0v) is 18.2. The molecule has 0 saturated carbocycles. The van der Waals surface area contributed by atoms with Crippen molar-refractivity contribution in [3.8, 4) is 0 Å². The molecule has 0 spiro atoms. The summed E-state index contributed by atoms with van der Waals surface area (Å²) in [6.07, 6.45) is 3.33. The highest BCUT2D eigenvalue weighted by atomic mass is 32.2. The number of thiazole rings is 1. The summed E-state index contributed by atoms with van der Waals surface area (Å²) in [5.41, 5.74) is 1.41. The molecule has 1 aliphatic heterocycles. The molecule has 5 nitrogen and oxygen atoms in total. The Balaban J connectivity index is 1.50. The van der Waals surface area contributed by atoms with Gasteiger partial charge in [-0.1, -0.05) is 32.9 Å². The van der Waals surface area contributed by atoms with E-state index in [0.717, 1.165) is 24.3 Å². The number of likely N-dealkylation sites (tertiary alicyclic amines) is 1. The van der Waals surface area contributed by atoms with Crippen LogP contribution in [0, 0.1) is 5.92 Å². The van der Waals surface area contributed by atoms with Crippen LogP contribution < -0.4 is 5.32 Å². The van der Waals surface area contributed by atoms with Crippen molar-refractivity contribution in [1.82, 2.24) is 9.88 Å². The lowest BCUT2D eigenvalue weighted by Gasteiger charge is -2.31. The number of nitrogens with zero attached hydrogens (tertiary/aromatic N) is 2. The van der Waals surface area contributed by atoms with Crippen molar-refractivity contribution in [3.63, 3.8) is 0 Å². The van der Waals surface area contributed by atoms with Gasteiger partial charge in [0.15, 0.2) is 5.13 Å². The number of hydrogen-bond acceptors (Lipinski definition) is 5. The molecule has 2 aromatic rings. The number of hydrogen-bond donors (Lipinski definition) is 1. The van der Waals surface area contributed by atoms with Gasteiger partial charge in [0.2, 0.25) is 11.8 Å². The Labute approximate surface area is 174 Å². The van der Waals surface area contributed by atoms with Crippen LogP contribution in [0.25, 0.3) is 0 Å². The Morgan fingerprint density at radius 3 is 2.68 bits per heavy atom. The van der Waals surface area contributed by atoms with Gasteiger partial charge in [0.1, 0.15) is 0 Å². The van der Waals surface area contributed by atoms with Crippen molar-refractivity contribution in [2.24, 2.45) is 5.92 Å². The van der Waals surface area contributed by atoms with E-state index in [-0.39, 0.29) is 23.1 Å². The summed E-state index contributed by atoms with van der Waals surface area (Å²) in [5, 5.41) is 5.30. The van der Waals surface area contributed by atoms with Crippen LogP contribution in [-0.2, 0) is 15.0 Å². The molecular formula is C21H27N3O2S2. The number of thioether (sulfide) groups is 1. The monoisotopic (exact) mass is 417 g/mol. The van der Waals surface area contributed by atoms with Crippen LogP contribution in [0.4, 0.5) is 5.13 Å². The zero-order valence-electron chi connectivity index (χ0n) is 16.6. The van der Waals surface area contributed by atoms with Crippen molar-refractivity contribution >= 4 is 40.0 Å². The number of nitrogens with one attached hydrogen (secondary N) is 1. The predicted molar refractivity (Wildman–Crippen MR) is 116 cm³/mol. The van der Waals surface area contributed by atoms with E-state index < -0.39 is 0 Å². The van der Waals surface area contributed by atoms with Gasteiger partial charge < -0.3 is 10.2 Å². The third kappa shape index (κ3) is 5.58. The molecule has 1 unspecified atom stereocenters. The summed E-state index contributed by atoms with van der Waals surface area (Å²) in [5.74, 6) is 0.280. The summed E-state index contributed by atoms with van der Waals surface area (Å²) in [7, 11) is 0. The van der Waals surface area contributed by atoms with E-state index in [1.807, 2.05) is 10.3 Å². The molecule has 1 aromatic heterocycles. The first kappa shape index (κ1) is 20.9. The molecule has 7 heteroatoms. The van der Waals surface area contributed by atoms with E-state index >= 15 is 0 Å². The van der Waals surface area contributed by atoms with Crippen molar-refractivity contribution in [2.75, 3.05) is 24.2 Å².